The molecule has 1 saturated heterocycles. The third kappa shape index (κ3) is 3.60. The molecule has 1 aromatic rings. The fourth-order valence-electron chi connectivity index (χ4n) is 2.34. The molecule has 1 fully saturated rings. The van der Waals surface area contributed by atoms with E-state index in [0.717, 1.165) is 25.2 Å². The van der Waals surface area contributed by atoms with Crippen LogP contribution < -0.4 is 4.90 Å². The van der Waals surface area contributed by atoms with Gasteiger partial charge in [0, 0.05) is 6.07 Å². The van der Waals surface area contributed by atoms with Gasteiger partial charge in [0.05, 0.1) is 38.2 Å². The molecule has 1 N–H and O–H groups in total. The monoisotopic (exact) mass is 328 g/mol. The van der Waals surface area contributed by atoms with Crippen LogP contribution in [-0.4, -0.2) is 63.1 Å². The maximum atomic E-state index is 12.3. The Morgan fingerprint density at radius 2 is 1.91 bits per heavy atom. The summed E-state index contributed by atoms with van der Waals surface area (Å²) in [7, 11) is -2.03. The van der Waals surface area contributed by atoms with Gasteiger partial charge in [0.1, 0.15) is 10.6 Å². The first kappa shape index (κ1) is 16.4. The van der Waals surface area contributed by atoms with Crippen molar-refractivity contribution in [1.29, 1.82) is 0 Å². The summed E-state index contributed by atoms with van der Waals surface area (Å²) in [5.74, 6) is -1.25. The number of nitrogens with one attached hydrogen (secondary N) is 1. The van der Waals surface area contributed by atoms with E-state index in [1.165, 1.54) is 21.9 Å². The number of benzene rings is 1. The molecule has 0 aromatic heterocycles. The van der Waals surface area contributed by atoms with Crippen LogP contribution in [0.2, 0.25) is 0 Å². The normalized spacial score (nSPS) is 16.5. The van der Waals surface area contributed by atoms with E-state index in [2.05, 4.69) is 0 Å². The molecule has 1 aromatic carbocycles. The standard InChI is InChI=1S/C13H17N3O5S/c1-14-6-8-15(9-7-14)13(17)10-22(20,21)12-5-3-2-4-11(12)16(18)19/h2-5H,6-10H2,1H3/p+1. The second-order valence-electron chi connectivity index (χ2n) is 5.32. The molecule has 0 unspecified atom stereocenters. The number of quaternary nitrogens is 1. The molecule has 0 spiro atoms. The number of amides is 1. The second-order valence-corrected chi connectivity index (χ2v) is 7.28. The fourth-order valence-corrected chi connectivity index (χ4v) is 3.75. The van der Waals surface area contributed by atoms with Crippen LogP contribution in [0.4, 0.5) is 5.69 Å². The molecule has 0 bridgehead atoms. The number of sulfone groups is 1. The Labute approximate surface area is 128 Å². The molecular weight excluding hydrogens is 310 g/mol. The average Bonchev–Trinajstić information content (AvgIpc) is 2.47. The van der Waals surface area contributed by atoms with Gasteiger partial charge in [0.2, 0.25) is 5.91 Å². The predicted molar refractivity (Wildman–Crippen MR) is 78.3 cm³/mol. The van der Waals surface area contributed by atoms with Crippen LogP contribution in [0.5, 0.6) is 0 Å². The lowest BCUT2D eigenvalue weighted by molar-refractivity contribution is -0.883. The summed E-state index contributed by atoms with van der Waals surface area (Å²) in [4.78, 5) is 24.7. The number of carbonyl (C=O) groups excluding carboxylic acids is 1. The number of nitro groups is 1. The number of likely N-dealkylation sites (N-methyl/N-ethyl adjacent to an activating group) is 1. The second kappa shape index (κ2) is 6.41. The highest BCUT2D eigenvalue weighted by molar-refractivity contribution is 7.92. The molecule has 22 heavy (non-hydrogen) atoms. The molecule has 0 radical (unpaired) electrons. The van der Waals surface area contributed by atoms with E-state index in [1.54, 1.807) is 0 Å². The van der Waals surface area contributed by atoms with Crippen LogP contribution in [0.1, 0.15) is 0 Å². The summed E-state index contributed by atoms with van der Waals surface area (Å²) in [6.07, 6.45) is 0. The number of rotatable bonds is 4. The van der Waals surface area contributed by atoms with E-state index in [-0.39, 0.29) is 0 Å². The van der Waals surface area contributed by atoms with Crippen molar-refractivity contribution in [2.45, 2.75) is 4.90 Å². The van der Waals surface area contributed by atoms with Gasteiger partial charge in [-0.3, -0.25) is 14.9 Å². The Balaban J connectivity index is 2.18. The topological polar surface area (TPSA) is 102 Å². The van der Waals surface area contributed by atoms with Crippen molar-refractivity contribution in [3.63, 3.8) is 0 Å². The van der Waals surface area contributed by atoms with E-state index in [0.29, 0.717) is 13.1 Å². The molecule has 120 valence electrons. The van der Waals surface area contributed by atoms with E-state index >= 15 is 0 Å². The maximum absolute atomic E-state index is 12.3. The molecule has 9 heteroatoms. The zero-order valence-corrected chi connectivity index (χ0v) is 13.0. The third-order valence-corrected chi connectivity index (χ3v) is 5.32. The Kier molecular flexibility index (Phi) is 4.77. The molecule has 8 nitrogen and oxygen atoms in total. The summed E-state index contributed by atoms with van der Waals surface area (Å²) >= 11 is 0. The van der Waals surface area contributed by atoms with Crippen molar-refractivity contribution in [3.8, 4) is 0 Å². The average molecular weight is 328 g/mol. The van der Waals surface area contributed by atoms with Gasteiger partial charge < -0.3 is 9.80 Å². The minimum atomic E-state index is -4.04. The first-order chi connectivity index (χ1) is 10.3. The van der Waals surface area contributed by atoms with E-state index < -0.39 is 37.0 Å². The van der Waals surface area contributed by atoms with E-state index in [4.69, 9.17) is 0 Å². The van der Waals surface area contributed by atoms with Crippen molar-refractivity contribution in [2.24, 2.45) is 0 Å². The molecule has 1 aliphatic rings. The van der Waals surface area contributed by atoms with Crippen molar-refractivity contribution in [3.05, 3.63) is 34.4 Å². The molecule has 0 aliphatic carbocycles. The minimum Gasteiger partial charge on any atom is -0.334 e. The molecule has 0 saturated carbocycles. The first-order valence-corrected chi connectivity index (χ1v) is 8.52. The number of carbonyl (C=O) groups is 1. The lowest BCUT2D eigenvalue weighted by Crippen LogP contribution is -3.12. The van der Waals surface area contributed by atoms with Crippen molar-refractivity contribution < 1.29 is 23.0 Å². The number of piperazine rings is 1. The van der Waals surface area contributed by atoms with Gasteiger partial charge in [-0.05, 0) is 6.07 Å². The number of para-hydroxylation sites is 1. The number of nitro benzene ring substituents is 1. The van der Waals surface area contributed by atoms with Gasteiger partial charge >= 0.3 is 0 Å². The minimum absolute atomic E-state index is 0.409. The van der Waals surface area contributed by atoms with Crippen LogP contribution in [0, 0.1) is 10.1 Å². The van der Waals surface area contributed by atoms with Crippen LogP contribution in [0.15, 0.2) is 29.2 Å². The zero-order chi connectivity index (χ0) is 16.3. The first-order valence-electron chi connectivity index (χ1n) is 6.86. The summed E-state index contributed by atoms with van der Waals surface area (Å²) < 4.78 is 24.6. The van der Waals surface area contributed by atoms with Crippen molar-refractivity contribution in [2.75, 3.05) is 39.0 Å². The molecule has 1 aliphatic heterocycles. The number of hydrogen-bond donors (Lipinski definition) is 1. The largest absolute Gasteiger partial charge is 0.334 e. The van der Waals surface area contributed by atoms with Crippen LogP contribution in [0.3, 0.4) is 0 Å². The fraction of sp³-hybridized carbons (Fsp3) is 0.462. The SMILES string of the molecule is C[NH+]1CCN(C(=O)CS(=O)(=O)c2ccccc2[N+](=O)[O-])CC1. The lowest BCUT2D eigenvalue weighted by atomic mass is 10.3. The van der Waals surface area contributed by atoms with Crippen LogP contribution in [0.25, 0.3) is 0 Å². The Bertz CT molecular complexity index is 681. The van der Waals surface area contributed by atoms with Gasteiger partial charge in [0.25, 0.3) is 5.69 Å². The summed E-state index contributed by atoms with van der Waals surface area (Å²) in [5.41, 5.74) is -0.502. The highest BCUT2D eigenvalue weighted by atomic mass is 32.2. The Morgan fingerprint density at radius 1 is 1.32 bits per heavy atom. The molecular formula is C13H18N3O5S+. The molecule has 1 heterocycles. The van der Waals surface area contributed by atoms with Gasteiger partial charge in [-0.25, -0.2) is 8.42 Å². The zero-order valence-electron chi connectivity index (χ0n) is 12.2. The van der Waals surface area contributed by atoms with Gasteiger partial charge in [0.15, 0.2) is 9.84 Å². The quantitative estimate of drug-likeness (QED) is 0.548. The Morgan fingerprint density at radius 3 is 2.50 bits per heavy atom. The predicted octanol–water partition coefficient (Wildman–Crippen LogP) is -1.27. The van der Waals surface area contributed by atoms with Crippen molar-refractivity contribution in [1.82, 2.24) is 4.90 Å². The van der Waals surface area contributed by atoms with Crippen molar-refractivity contribution >= 4 is 21.4 Å². The summed E-state index contributed by atoms with van der Waals surface area (Å²) in [6, 6.07) is 5.08. The third-order valence-electron chi connectivity index (χ3n) is 3.68. The van der Waals surface area contributed by atoms with Gasteiger partial charge in [-0.1, -0.05) is 12.1 Å². The number of hydrogen-bond acceptors (Lipinski definition) is 5. The highest BCUT2D eigenvalue weighted by Crippen LogP contribution is 2.24. The smallest absolute Gasteiger partial charge is 0.287 e. The Hall–Kier alpha value is -2.00. The van der Waals surface area contributed by atoms with E-state index in [1.807, 2.05) is 7.05 Å². The van der Waals surface area contributed by atoms with E-state index in [9.17, 15) is 23.3 Å². The molecule has 0 atom stereocenters. The number of nitrogens with zero attached hydrogens (tertiary/aromatic N) is 2. The van der Waals surface area contributed by atoms with Gasteiger partial charge in [-0.15, -0.1) is 0 Å². The molecule has 1 amide bonds. The summed E-state index contributed by atoms with van der Waals surface area (Å²) in [5, 5.41) is 10.9. The lowest BCUT2D eigenvalue weighted by Gasteiger charge is -2.30. The van der Waals surface area contributed by atoms with Crippen LogP contribution in [-0.2, 0) is 14.6 Å². The highest BCUT2D eigenvalue weighted by Gasteiger charge is 2.30. The molecule has 2 rings (SSSR count). The van der Waals surface area contributed by atoms with Crippen LogP contribution >= 0.6 is 0 Å². The maximum Gasteiger partial charge on any atom is 0.287 e. The van der Waals surface area contributed by atoms with Gasteiger partial charge in [-0.2, -0.15) is 0 Å². The summed E-state index contributed by atoms with van der Waals surface area (Å²) in [6.45, 7) is 2.52.